The molecular formula is C24H25FN2O2. The minimum absolute atomic E-state index is 0.0693. The third kappa shape index (κ3) is 6.43. The minimum Gasteiger partial charge on any atom is -0.483 e. The molecule has 3 rings (SSSR count). The van der Waals surface area contributed by atoms with Crippen LogP contribution in [0.3, 0.4) is 0 Å². The van der Waals surface area contributed by atoms with Gasteiger partial charge in [0.15, 0.2) is 6.61 Å². The Morgan fingerprint density at radius 1 is 0.931 bits per heavy atom. The molecule has 0 heterocycles. The molecule has 0 aliphatic rings. The van der Waals surface area contributed by atoms with E-state index in [0.717, 1.165) is 16.8 Å². The number of hydrogen-bond donors (Lipinski definition) is 2. The zero-order valence-corrected chi connectivity index (χ0v) is 16.5. The fraction of sp³-hybridized carbons (Fsp3) is 0.208. The van der Waals surface area contributed by atoms with Crippen LogP contribution in [0.1, 0.15) is 16.7 Å². The SMILES string of the molecule is Cc1ccc(NC(=O)COc2ccccc2CNCCc2ccccc2F)cc1. The van der Waals surface area contributed by atoms with Gasteiger partial charge in [0.25, 0.3) is 5.91 Å². The van der Waals surface area contributed by atoms with Crippen molar-refractivity contribution < 1.29 is 13.9 Å². The summed E-state index contributed by atoms with van der Waals surface area (Å²) in [6.07, 6.45) is 0.606. The van der Waals surface area contributed by atoms with Crippen LogP contribution >= 0.6 is 0 Å². The molecule has 0 saturated heterocycles. The molecular weight excluding hydrogens is 367 g/mol. The Labute approximate surface area is 170 Å². The molecule has 1 amide bonds. The van der Waals surface area contributed by atoms with Crippen molar-refractivity contribution in [3.8, 4) is 5.75 Å². The monoisotopic (exact) mass is 392 g/mol. The molecule has 0 saturated carbocycles. The number of anilines is 1. The van der Waals surface area contributed by atoms with Crippen LogP contribution in [0, 0.1) is 12.7 Å². The van der Waals surface area contributed by atoms with Gasteiger partial charge in [-0.05, 0) is 49.7 Å². The van der Waals surface area contributed by atoms with E-state index in [0.29, 0.717) is 30.8 Å². The fourth-order valence-corrected chi connectivity index (χ4v) is 2.92. The van der Waals surface area contributed by atoms with Crippen LogP contribution in [0.25, 0.3) is 0 Å². The first-order chi connectivity index (χ1) is 14.1. The molecule has 0 radical (unpaired) electrons. The molecule has 0 spiro atoms. The second-order valence-corrected chi connectivity index (χ2v) is 6.83. The molecule has 4 nitrogen and oxygen atoms in total. The van der Waals surface area contributed by atoms with Gasteiger partial charge in [-0.1, -0.05) is 54.1 Å². The van der Waals surface area contributed by atoms with Crippen LogP contribution in [0.2, 0.25) is 0 Å². The molecule has 0 atom stereocenters. The summed E-state index contributed by atoms with van der Waals surface area (Å²) < 4.78 is 19.4. The van der Waals surface area contributed by atoms with Crippen molar-refractivity contribution in [1.82, 2.24) is 5.32 Å². The number of para-hydroxylation sites is 1. The van der Waals surface area contributed by atoms with E-state index in [1.807, 2.05) is 61.5 Å². The first-order valence-electron chi connectivity index (χ1n) is 9.63. The van der Waals surface area contributed by atoms with Crippen molar-refractivity contribution in [3.05, 3.63) is 95.3 Å². The molecule has 29 heavy (non-hydrogen) atoms. The lowest BCUT2D eigenvalue weighted by atomic mass is 10.1. The topological polar surface area (TPSA) is 50.4 Å². The van der Waals surface area contributed by atoms with Gasteiger partial charge >= 0.3 is 0 Å². The standard InChI is InChI=1S/C24H25FN2O2/c1-18-10-12-21(13-11-18)27-24(28)17-29-23-9-5-3-7-20(23)16-26-15-14-19-6-2-4-8-22(19)25/h2-13,26H,14-17H2,1H3,(H,27,28). The Kier molecular flexibility index (Phi) is 7.36. The number of hydrogen-bond acceptors (Lipinski definition) is 3. The lowest BCUT2D eigenvalue weighted by Gasteiger charge is -2.12. The van der Waals surface area contributed by atoms with Crippen molar-refractivity contribution in [2.24, 2.45) is 0 Å². The number of rotatable bonds is 9. The minimum atomic E-state index is -0.212. The summed E-state index contributed by atoms with van der Waals surface area (Å²) in [4.78, 5) is 12.1. The van der Waals surface area contributed by atoms with Crippen molar-refractivity contribution in [3.63, 3.8) is 0 Å². The molecule has 0 fully saturated rings. The lowest BCUT2D eigenvalue weighted by molar-refractivity contribution is -0.118. The van der Waals surface area contributed by atoms with Gasteiger partial charge in [-0.3, -0.25) is 4.79 Å². The van der Waals surface area contributed by atoms with E-state index in [2.05, 4.69) is 10.6 Å². The number of benzene rings is 3. The second-order valence-electron chi connectivity index (χ2n) is 6.83. The smallest absolute Gasteiger partial charge is 0.262 e. The summed E-state index contributed by atoms with van der Waals surface area (Å²) in [6, 6.07) is 22.0. The molecule has 0 aliphatic heterocycles. The molecule has 3 aromatic rings. The summed E-state index contributed by atoms with van der Waals surface area (Å²) in [5.74, 6) is 0.263. The van der Waals surface area contributed by atoms with E-state index in [9.17, 15) is 9.18 Å². The van der Waals surface area contributed by atoms with Gasteiger partial charge in [0.05, 0.1) is 0 Å². The maximum atomic E-state index is 13.7. The van der Waals surface area contributed by atoms with E-state index >= 15 is 0 Å². The Morgan fingerprint density at radius 2 is 1.62 bits per heavy atom. The number of aryl methyl sites for hydroxylation is 1. The zero-order valence-electron chi connectivity index (χ0n) is 16.5. The summed E-state index contributed by atoms with van der Waals surface area (Å²) in [5, 5.41) is 6.12. The van der Waals surface area contributed by atoms with Crippen LogP contribution in [-0.4, -0.2) is 19.1 Å². The van der Waals surface area contributed by atoms with Crippen molar-refractivity contribution in [2.45, 2.75) is 19.9 Å². The van der Waals surface area contributed by atoms with Crippen LogP contribution in [-0.2, 0) is 17.8 Å². The molecule has 150 valence electrons. The number of nitrogens with one attached hydrogen (secondary N) is 2. The Morgan fingerprint density at radius 3 is 2.38 bits per heavy atom. The third-order valence-electron chi connectivity index (χ3n) is 4.51. The highest BCUT2D eigenvalue weighted by Gasteiger charge is 2.07. The second kappa shape index (κ2) is 10.4. The first-order valence-corrected chi connectivity index (χ1v) is 9.63. The molecule has 0 bridgehead atoms. The highest BCUT2D eigenvalue weighted by Crippen LogP contribution is 2.18. The number of carbonyl (C=O) groups is 1. The van der Waals surface area contributed by atoms with E-state index in [4.69, 9.17) is 4.74 Å². The van der Waals surface area contributed by atoms with E-state index in [1.165, 1.54) is 6.07 Å². The van der Waals surface area contributed by atoms with Gasteiger partial charge < -0.3 is 15.4 Å². The molecule has 0 unspecified atom stereocenters. The van der Waals surface area contributed by atoms with Crippen LogP contribution in [0.4, 0.5) is 10.1 Å². The third-order valence-corrected chi connectivity index (χ3v) is 4.51. The fourth-order valence-electron chi connectivity index (χ4n) is 2.92. The predicted molar refractivity (Wildman–Crippen MR) is 114 cm³/mol. The molecule has 2 N–H and O–H groups in total. The predicted octanol–water partition coefficient (Wildman–Crippen LogP) is 4.48. The van der Waals surface area contributed by atoms with Gasteiger partial charge in [-0.25, -0.2) is 4.39 Å². The number of carbonyl (C=O) groups excluding carboxylic acids is 1. The summed E-state index contributed by atoms with van der Waals surface area (Å²) in [7, 11) is 0. The number of ether oxygens (including phenoxy) is 1. The summed E-state index contributed by atoms with van der Waals surface area (Å²) in [6.45, 7) is 3.14. The lowest BCUT2D eigenvalue weighted by Crippen LogP contribution is -2.21. The van der Waals surface area contributed by atoms with Gasteiger partial charge in [0.1, 0.15) is 11.6 Å². The van der Waals surface area contributed by atoms with Crippen LogP contribution in [0.15, 0.2) is 72.8 Å². The number of amides is 1. The molecule has 0 aliphatic carbocycles. The van der Waals surface area contributed by atoms with Gasteiger partial charge in [0, 0.05) is 17.8 Å². The van der Waals surface area contributed by atoms with Crippen LogP contribution in [0.5, 0.6) is 5.75 Å². The summed E-state index contributed by atoms with van der Waals surface area (Å²) in [5.41, 5.74) is 3.52. The highest BCUT2D eigenvalue weighted by atomic mass is 19.1. The largest absolute Gasteiger partial charge is 0.483 e. The van der Waals surface area contributed by atoms with E-state index in [-0.39, 0.29) is 18.3 Å². The van der Waals surface area contributed by atoms with Gasteiger partial charge in [-0.15, -0.1) is 0 Å². The van der Waals surface area contributed by atoms with Crippen molar-refractivity contribution in [1.29, 1.82) is 0 Å². The van der Waals surface area contributed by atoms with Gasteiger partial charge in [-0.2, -0.15) is 0 Å². The summed E-state index contributed by atoms with van der Waals surface area (Å²) >= 11 is 0. The Bertz CT molecular complexity index is 942. The van der Waals surface area contributed by atoms with Crippen molar-refractivity contribution >= 4 is 11.6 Å². The quantitative estimate of drug-likeness (QED) is 0.528. The highest BCUT2D eigenvalue weighted by molar-refractivity contribution is 5.91. The first kappa shape index (κ1) is 20.6. The Hall–Kier alpha value is -3.18. The maximum absolute atomic E-state index is 13.7. The van der Waals surface area contributed by atoms with Crippen molar-refractivity contribution in [2.75, 3.05) is 18.5 Å². The number of halogens is 1. The van der Waals surface area contributed by atoms with Gasteiger partial charge in [0.2, 0.25) is 0 Å². The molecule has 0 aromatic heterocycles. The maximum Gasteiger partial charge on any atom is 0.262 e. The van der Waals surface area contributed by atoms with E-state index < -0.39 is 0 Å². The van der Waals surface area contributed by atoms with Crippen LogP contribution < -0.4 is 15.4 Å². The normalized spacial score (nSPS) is 10.6. The Balaban J connectivity index is 1.47. The molecule has 5 heteroatoms. The van der Waals surface area contributed by atoms with E-state index in [1.54, 1.807) is 12.1 Å². The molecule has 3 aromatic carbocycles. The average Bonchev–Trinajstić information content (AvgIpc) is 2.73. The zero-order chi connectivity index (χ0) is 20.5. The average molecular weight is 392 g/mol.